The van der Waals surface area contributed by atoms with Gasteiger partial charge < -0.3 is 10.1 Å². The van der Waals surface area contributed by atoms with E-state index in [9.17, 15) is 5.11 Å². The van der Waals surface area contributed by atoms with E-state index in [4.69, 9.17) is 0 Å². The van der Waals surface area contributed by atoms with E-state index >= 15 is 0 Å². The van der Waals surface area contributed by atoms with Crippen LogP contribution in [-0.2, 0) is 12.0 Å². The Labute approximate surface area is 102 Å². The number of rotatable bonds is 3. The van der Waals surface area contributed by atoms with E-state index in [-0.39, 0.29) is 0 Å². The Morgan fingerprint density at radius 2 is 2.18 bits per heavy atom. The molecule has 0 amide bonds. The van der Waals surface area contributed by atoms with Crippen LogP contribution in [0, 0.1) is 6.92 Å². The van der Waals surface area contributed by atoms with Crippen LogP contribution in [0.2, 0.25) is 0 Å². The highest BCUT2D eigenvalue weighted by atomic mass is 16.3. The van der Waals surface area contributed by atoms with E-state index in [1.54, 1.807) is 19.3 Å². The Morgan fingerprint density at radius 1 is 1.41 bits per heavy atom. The fourth-order valence-corrected chi connectivity index (χ4v) is 2.29. The molecule has 1 unspecified atom stereocenters. The van der Waals surface area contributed by atoms with Crippen LogP contribution in [-0.4, -0.2) is 15.1 Å². The number of nitrogens with one attached hydrogen (secondary N) is 1. The Morgan fingerprint density at radius 3 is 2.76 bits per heavy atom. The van der Waals surface area contributed by atoms with E-state index in [1.807, 2.05) is 12.1 Å². The molecule has 0 aliphatic carbocycles. The summed E-state index contributed by atoms with van der Waals surface area (Å²) in [5.41, 5.74) is 2.25. The predicted molar refractivity (Wildman–Crippen MR) is 67.8 cm³/mol. The third kappa shape index (κ3) is 1.98. The summed E-state index contributed by atoms with van der Waals surface area (Å²) in [6, 6.07) is 6.01. The highest BCUT2D eigenvalue weighted by molar-refractivity contribution is 5.40. The summed E-state index contributed by atoms with van der Waals surface area (Å²) in [4.78, 5) is 7.15. The second-order valence-corrected chi connectivity index (χ2v) is 4.46. The van der Waals surface area contributed by atoms with Crippen molar-refractivity contribution in [3.05, 3.63) is 53.1 Å². The molecule has 0 bridgehead atoms. The van der Waals surface area contributed by atoms with Crippen LogP contribution in [0.5, 0.6) is 0 Å². The Hall–Kier alpha value is -1.61. The van der Waals surface area contributed by atoms with Crippen molar-refractivity contribution in [2.45, 2.75) is 32.8 Å². The van der Waals surface area contributed by atoms with Crippen molar-refractivity contribution < 1.29 is 5.11 Å². The molecule has 2 N–H and O–H groups in total. The number of nitrogens with zero attached hydrogens (tertiary/aromatic N) is 1. The summed E-state index contributed by atoms with van der Waals surface area (Å²) < 4.78 is 0. The topological polar surface area (TPSA) is 48.9 Å². The maximum Gasteiger partial charge on any atom is 0.144 e. The van der Waals surface area contributed by atoms with Crippen molar-refractivity contribution in [3.63, 3.8) is 0 Å². The van der Waals surface area contributed by atoms with Crippen molar-refractivity contribution in [2.75, 3.05) is 0 Å². The molecule has 3 heteroatoms. The zero-order chi connectivity index (χ0) is 12.5. The Kier molecular flexibility index (Phi) is 3.03. The smallest absolute Gasteiger partial charge is 0.144 e. The number of aromatic amines is 1. The first-order valence-electron chi connectivity index (χ1n) is 5.88. The Bertz CT molecular complexity index is 501. The molecular weight excluding hydrogens is 212 g/mol. The van der Waals surface area contributed by atoms with Gasteiger partial charge in [-0.2, -0.15) is 0 Å². The molecule has 17 heavy (non-hydrogen) atoms. The van der Waals surface area contributed by atoms with Crippen LogP contribution in [0.15, 0.2) is 30.6 Å². The molecule has 2 rings (SSSR count). The van der Waals surface area contributed by atoms with Gasteiger partial charge in [0.05, 0.1) is 0 Å². The molecule has 2 aromatic rings. The number of aromatic nitrogens is 2. The lowest BCUT2D eigenvalue weighted by atomic mass is 9.87. The van der Waals surface area contributed by atoms with Crippen LogP contribution in [0.25, 0.3) is 0 Å². The fraction of sp³-hybridized carbons (Fsp3) is 0.357. The molecule has 0 spiro atoms. The number of imidazole rings is 1. The Balaban J connectivity index is 2.57. The SMILES string of the molecule is CCc1c(C)cccc1C(C)(O)c1ncc[nH]1. The lowest BCUT2D eigenvalue weighted by Gasteiger charge is -2.25. The van der Waals surface area contributed by atoms with Crippen molar-refractivity contribution >= 4 is 0 Å². The number of H-pyrrole nitrogens is 1. The molecular formula is C14H18N2O. The lowest BCUT2D eigenvalue weighted by Crippen LogP contribution is -2.26. The average molecular weight is 230 g/mol. The van der Waals surface area contributed by atoms with Crippen LogP contribution in [0.1, 0.15) is 36.4 Å². The molecule has 0 radical (unpaired) electrons. The molecule has 0 saturated carbocycles. The second kappa shape index (κ2) is 4.34. The zero-order valence-corrected chi connectivity index (χ0v) is 10.5. The summed E-state index contributed by atoms with van der Waals surface area (Å²) in [5.74, 6) is 0.581. The van der Waals surface area contributed by atoms with Crippen LogP contribution >= 0.6 is 0 Å². The zero-order valence-electron chi connectivity index (χ0n) is 10.5. The normalized spacial score (nSPS) is 14.6. The van der Waals surface area contributed by atoms with Crippen LogP contribution < -0.4 is 0 Å². The minimum atomic E-state index is -1.07. The monoisotopic (exact) mass is 230 g/mol. The van der Waals surface area contributed by atoms with Gasteiger partial charge in [-0.3, -0.25) is 0 Å². The number of aliphatic hydroxyl groups is 1. The molecule has 1 heterocycles. The molecule has 3 nitrogen and oxygen atoms in total. The van der Waals surface area contributed by atoms with Crippen LogP contribution in [0.4, 0.5) is 0 Å². The van der Waals surface area contributed by atoms with Gasteiger partial charge in [0.2, 0.25) is 0 Å². The number of benzene rings is 1. The van der Waals surface area contributed by atoms with Crippen LogP contribution in [0.3, 0.4) is 0 Å². The third-order valence-electron chi connectivity index (χ3n) is 3.25. The minimum Gasteiger partial charge on any atom is -0.377 e. The number of hydrogen-bond acceptors (Lipinski definition) is 2. The molecule has 0 saturated heterocycles. The quantitative estimate of drug-likeness (QED) is 0.851. The molecule has 0 aliphatic heterocycles. The van der Waals surface area contributed by atoms with Gasteiger partial charge in [-0.1, -0.05) is 25.1 Å². The summed E-state index contributed by atoms with van der Waals surface area (Å²) in [5, 5.41) is 10.7. The summed E-state index contributed by atoms with van der Waals surface area (Å²) in [7, 11) is 0. The minimum absolute atomic E-state index is 0.581. The standard InChI is InChI=1S/C14H18N2O/c1-4-11-10(2)6-5-7-12(11)14(3,17)13-15-8-9-16-13/h5-9,17H,4H2,1-3H3,(H,15,16). The summed E-state index contributed by atoms with van der Waals surface area (Å²) in [6.45, 7) is 5.95. The molecule has 1 atom stereocenters. The molecule has 90 valence electrons. The van der Waals surface area contributed by atoms with Gasteiger partial charge in [-0.15, -0.1) is 0 Å². The first kappa shape index (κ1) is 11.9. The summed E-state index contributed by atoms with van der Waals surface area (Å²) >= 11 is 0. The highest BCUT2D eigenvalue weighted by Crippen LogP contribution is 2.30. The second-order valence-electron chi connectivity index (χ2n) is 4.46. The lowest BCUT2D eigenvalue weighted by molar-refractivity contribution is 0.0921. The first-order chi connectivity index (χ1) is 8.07. The molecule has 0 fully saturated rings. The van der Waals surface area contributed by atoms with E-state index in [1.165, 1.54) is 11.1 Å². The van der Waals surface area contributed by atoms with E-state index < -0.39 is 5.60 Å². The largest absolute Gasteiger partial charge is 0.377 e. The van der Waals surface area contributed by atoms with Gasteiger partial charge in [0, 0.05) is 12.4 Å². The van der Waals surface area contributed by atoms with Crippen molar-refractivity contribution in [1.29, 1.82) is 0 Å². The number of aryl methyl sites for hydroxylation is 1. The number of hydrogen-bond donors (Lipinski definition) is 2. The summed E-state index contributed by atoms with van der Waals surface area (Å²) in [6.07, 6.45) is 4.29. The van der Waals surface area contributed by atoms with E-state index in [0.717, 1.165) is 12.0 Å². The van der Waals surface area contributed by atoms with Crippen molar-refractivity contribution in [2.24, 2.45) is 0 Å². The van der Waals surface area contributed by atoms with Gasteiger partial charge in [-0.25, -0.2) is 4.98 Å². The van der Waals surface area contributed by atoms with Gasteiger partial charge in [0.25, 0.3) is 0 Å². The highest BCUT2D eigenvalue weighted by Gasteiger charge is 2.30. The predicted octanol–water partition coefficient (Wildman–Crippen LogP) is 2.54. The maximum atomic E-state index is 10.7. The molecule has 1 aromatic heterocycles. The molecule has 1 aromatic carbocycles. The van der Waals surface area contributed by atoms with Gasteiger partial charge in [-0.05, 0) is 37.0 Å². The van der Waals surface area contributed by atoms with E-state index in [0.29, 0.717) is 5.82 Å². The van der Waals surface area contributed by atoms with Gasteiger partial charge in [0.1, 0.15) is 11.4 Å². The third-order valence-corrected chi connectivity index (χ3v) is 3.25. The van der Waals surface area contributed by atoms with Crippen molar-refractivity contribution in [3.8, 4) is 0 Å². The van der Waals surface area contributed by atoms with Gasteiger partial charge >= 0.3 is 0 Å². The fourth-order valence-electron chi connectivity index (χ4n) is 2.29. The van der Waals surface area contributed by atoms with Gasteiger partial charge in [0.15, 0.2) is 0 Å². The molecule has 0 aliphatic rings. The first-order valence-corrected chi connectivity index (χ1v) is 5.88. The van der Waals surface area contributed by atoms with Crippen molar-refractivity contribution in [1.82, 2.24) is 9.97 Å². The van der Waals surface area contributed by atoms with E-state index in [2.05, 4.69) is 29.9 Å². The average Bonchev–Trinajstić information content (AvgIpc) is 2.82. The maximum absolute atomic E-state index is 10.7.